The Balaban J connectivity index is 2.90. The Kier molecular flexibility index (Phi) is 5.24. The molecule has 0 aromatic heterocycles. The van der Waals surface area contributed by atoms with Gasteiger partial charge in [-0.2, -0.15) is 0 Å². The first kappa shape index (κ1) is 15.8. The Morgan fingerprint density at radius 2 is 1.53 bits per heavy atom. The van der Waals surface area contributed by atoms with Crippen molar-refractivity contribution in [2.75, 3.05) is 34.7 Å². The fourth-order valence-electron chi connectivity index (χ4n) is 1.94. The summed E-state index contributed by atoms with van der Waals surface area (Å²) in [6, 6.07) is 8.01. The quantitative estimate of drug-likeness (QED) is 0.626. The zero-order valence-electron chi connectivity index (χ0n) is 12.7. The Bertz CT molecular complexity index is 423. The smallest absolute Gasteiger partial charge is 0.195 e. The molecule has 0 atom stereocenters. The van der Waals surface area contributed by atoms with Crippen LogP contribution in [0.25, 0.3) is 0 Å². The lowest BCUT2D eigenvalue weighted by molar-refractivity contribution is 0.464. The van der Waals surface area contributed by atoms with E-state index >= 15 is 0 Å². The van der Waals surface area contributed by atoms with Gasteiger partial charge in [0.15, 0.2) is 5.96 Å². The van der Waals surface area contributed by atoms with Gasteiger partial charge in [0.05, 0.1) is 6.54 Å². The van der Waals surface area contributed by atoms with Gasteiger partial charge >= 0.3 is 0 Å². The second-order valence-corrected chi connectivity index (χ2v) is 6.23. The van der Waals surface area contributed by atoms with Gasteiger partial charge in [-0.15, -0.1) is 0 Å². The van der Waals surface area contributed by atoms with Crippen molar-refractivity contribution in [3.8, 4) is 0 Å². The first-order valence-corrected chi connectivity index (χ1v) is 6.77. The van der Waals surface area contributed by atoms with Crippen molar-refractivity contribution >= 4 is 17.6 Å². The molecule has 0 aliphatic heterocycles. The Hall–Kier alpha value is -1.22. The van der Waals surface area contributed by atoms with E-state index in [0.717, 1.165) is 17.5 Å². The number of nitrogens with zero attached hydrogens (tertiary/aromatic N) is 3. The van der Waals surface area contributed by atoms with E-state index in [-0.39, 0.29) is 5.41 Å². The molecule has 0 heterocycles. The highest BCUT2D eigenvalue weighted by Crippen LogP contribution is 2.25. The van der Waals surface area contributed by atoms with Crippen molar-refractivity contribution in [1.82, 2.24) is 9.80 Å². The van der Waals surface area contributed by atoms with Crippen LogP contribution >= 0.6 is 11.6 Å². The normalized spacial score (nSPS) is 11.1. The Morgan fingerprint density at radius 1 is 1.05 bits per heavy atom. The third-order valence-electron chi connectivity index (χ3n) is 3.04. The number of aliphatic imine (C=N–C) groups is 1. The van der Waals surface area contributed by atoms with E-state index in [0.29, 0.717) is 0 Å². The molecule has 1 aromatic rings. The Morgan fingerprint density at radius 3 is 1.95 bits per heavy atom. The van der Waals surface area contributed by atoms with E-state index in [4.69, 9.17) is 16.6 Å². The van der Waals surface area contributed by atoms with Crippen LogP contribution in [0.5, 0.6) is 0 Å². The van der Waals surface area contributed by atoms with Gasteiger partial charge in [0.1, 0.15) is 0 Å². The van der Waals surface area contributed by atoms with E-state index in [2.05, 4.69) is 26.0 Å². The zero-order valence-corrected chi connectivity index (χ0v) is 13.5. The lowest BCUT2D eigenvalue weighted by Crippen LogP contribution is -2.36. The lowest BCUT2D eigenvalue weighted by Gasteiger charge is -2.27. The molecule has 0 fully saturated rings. The molecule has 0 bridgehead atoms. The van der Waals surface area contributed by atoms with E-state index in [1.54, 1.807) is 0 Å². The molecule has 1 aromatic carbocycles. The minimum atomic E-state index is -0.0120. The summed E-state index contributed by atoms with van der Waals surface area (Å²) in [6.45, 7) is 5.13. The highest BCUT2D eigenvalue weighted by atomic mass is 35.5. The number of hydrogen-bond donors (Lipinski definition) is 0. The molecule has 0 saturated carbocycles. The van der Waals surface area contributed by atoms with Crippen molar-refractivity contribution in [2.45, 2.75) is 19.3 Å². The zero-order chi connectivity index (χ0) is 14.6. The summed E-state index contributed by atoms with van der Waals surface area (Å²) < 4.78 is 0. The van der Waals surface area contributed by atoms with Crippen molar-refractivity contribution < 1.29 is 0 Å². The third-order valence-corrected chi connectivity index (χ3v) is 3.29. The first-order valence-electron chi connectivity index (χ1n) is 6.39. The van der Waals surface area contributed by atoms with Gasteiger partial charge in [0, 0.05) is 38.6 Å². The maximum absolute atomic E-state index is 5.93. The van der Waals surface area contributed by atoms with Gasteiger partial charge < -0.3 is 9.80 Å². The first-order chi connectivity index (χ1) is 8.74. The number of benzene rings is 1. The van der Waals surface area contributed by atoms with Crippen LogP contribution in [0.15, 0.2) is 29.3 Å². The van der Waals surface area contributed by atoms with Gasteiger partial charge in [0.2, 0.25) is 0 Å². The molecular weight excluding hydrogens is 258 g/mol. The van der Waals surface area contributed by atoms with Crippen LogP contribution in [-0.2, 0) is 5.41 Å². The summed E-state index contributed by atoms with van der Waals surface area (Å²) in [5.41, 5.74) is 1.24. The fraction of sp³-hybridized carbons (Fsp3) is 0.533. The van der Waals surface area contributed by atoms with Crippen LogP contribution in [-0.4, -0.2) is 50.5 Å². The van der Waals surface area contributed by atoms with E-state index < -0.39 is 0 Å². The maximum Gasteiger partial charge on any atom is 0.195 e. The average Bonchev–Trinajstić information content (AvgIpc) is 2.28. The van der Waals surface area contributed by atoms with E-state index in [1.807, 2.05) is 50.1 Å². The second kappa shape index (κ2) is 6.29. The van der Waals surface area contributed by atoms with Gasteiger partial charge in [-0.1, -0.05) is 37.6 Å². The maximum atomic E-state index is 5.93. The predicted octanol–water partition coefficient (Wildman–Crippen LogP) is 3.10. The molecular formula is C15H24ClN3. The van der Waals surface area contributed by atoms with Crippen LogP contribution in [0.1, 0.15) is 19.4 Å². The minimum absolute atomic E-state index is 0.0120. The molecule has 0 aliphatic rings. The van der Waals surface area contributed by atoms with Crippen molar-refractivity contribution in [2.24, 2.45) is 4.99 Å². The third kappa shape index (κ3) is 4.43. The largest absolute Gasteiger partial charge is 0.349 e. The molecule has 0 spiro atoms. The summed E-state index contributed by atoms with van der Waals surface area (Å²) in [7, 11) is 8.03. The number of guanidine groups is 1. The molecule has 19 heavy (non-hydrogen) atoms. The monoisotopic (exact) mass is 281 g/mol. The molecule has 3 nitrogen and oxygen atoms in total. The number of hydrogen-bond acceptors (Lipinski definition) is 1. The molecule has 4 heteroatoms. The van der Waals surface area contributed by atoms with E-state index in [9.17, 15) is 0 Å². The minimum Gasteiger partial charge on any atom is -0.349 e. The van der Waals surface area contributed by atoms with Crippen molar-refractivity contribution in [3.05, 3.63) is 34.9 Å². The highest BCUT2D eigenvalue weighted by Gasteiger charge is 2.20. The van der Waals surface area contributed by atoms with Gasteiger partial charge in [-0.3, -0.25) is 4.99 Å². The fourth-order valence-corrected chi connectivity index (χ4v) is 2.07. The van der Waals surface area contributed by atoms with E-state index in [1.165, 1.54) is 5.56 Å². The van der Waals surface area contributed by atoms with Gasteiger partial charge in [-0.25, -0.2) is 0 Å². The van der Waals surface area contributed by atoms with Crippen LogP contribution in [0.4, 0.5) is 0 Å². The molecule has 0 saturated heterocycles. The second-order valence-electron chi connectivity index (χ2n) is 5.80. The molecule has 0 radical (unpaired) electrons. The SMILES string of the molecule is CN(C)C(=NCC(C)(C)c1ccc(Cl)cc1)N(C)C. The topological polar surface area (TPSA) is 18.8 Å². The average molecular weight is 282 g/mol. The van der Waals surface area contributed by atoms with Crippen LogP contribution in [0.3, 0.4) is 0 Å². The van der Waals surface area contributed by atoms with Crippen LogP contribution in [0, 0.1) is 0 Å². The summed E-state index contributed by atoms with van der Waals surface area (Å²) in [5, 5.41) is 0.769. The summed E-state index contributed by atoms with van der Waals surface area (Å²) in [6.07, 6.45) is 0. The molecule has 0 N–H and O–H groups in total. The lowest BCUT2D eigenvalue weighted by atomic mass is 9.85. The van der Waals surface area contributed by atoms with Crippen molar-refractivity contribution in [3.63, 3.8) is 0 Å². The predicted molar refractivity (Wildman–Crippen MR) is 84.2 cm³/mol. The molecule has 0 amide bonds. The summed E-state index contributed by atoms with van der Waals surface area (Å²) >= 11 is 5.93. The van der Waals surface area contributed by atoms with Gasteiger partial charge in [-0.05, 0) is 17.7 Å². The number of halogens is 1. The molecule has 106 valence electrons. The highest BCUT2D eigenvalue weighted by molar-refractivity contribution is 6.30. The molecule has 0 unspecified atom stereocenters. The molecule has 1 rings (SSSR count). The standard InChI is InChI=1S/C15H24ClN3/c1-15(2,12-7-9-13(16)10-8-12)11-17-14(18(3)4)19(5)6/h7-10H,11H2,1-6H3. The molecule has 0 aliphatic carbocycles. The summed E-state index contributed by atoms with van der Waals surface area (Å²) in [5.74, 6) is 0.974. The Labute approximate surface area is 121 Å². The summed E-state index contributed by atoms with van der Waals surface area (Å²) in [4.78, 5) is 8.78. The van der Waals surface area contributed by atoms with Crippen LogP contribution < -0.4 is 0 Å². The van der Waals surface area contributed by atoms with Crippen molar-refractivity contribution in [1.29, 1.82) is 0 Å². The van der Waals surface area contributed by atoms with Crippen LogP contribution in [0.2, 0.25) is 5.02 Å². The van der Waals surface area contributed by atoms with Gasteiger partial charge in [0.25, 0.3) is 0 Å². The number of rotatable bonds is 3.